The summed E-state index contributed by atoms with van der Waals surface area (Å²) in [6.45, 7) is 8.29. The highest BCUT2D eigenvalue weighted by molar-refractivity contribution is 14.0. The highest BCUT2D eigenvalue weighted by atomic mass is 127. The molecule has 2 N–H and O–H groups in total. The van der Waals surface area contributed by atoms with Gasteiger partial charge in [0.05, 0.1) is 5.69 Å². The molecule has 0 bridgehead atoms. The summed E-state index contributed by atoms with van der Waals surface area (Å²) >= 11 is 1.72. The van der Waals surface area contributed by atoms with Crippen LogP contribution in [0.25, 0.3) is 0 Å². The predicted octanol–water partition coefficient (Wildman–Crippen LogP) is 4.33. The fourth-order valence-corrected chi connectivity index (χ4v) is 3.32. The maximum atomic E-state index is 12.9. The number of hydrogen-bond acceptors (Lipinski definition) is 4. The zero-order chi connectivity index (χ0) is 18.8. The van der Waals surface area contributed by atoms with Crippen molar-refractivity contribution >= 4 is 41.7 Å². The number of guanidine groups is 1. The molecule has 1 aromatic heterocycles. The summed E-state index contributed by atoms with van der Waals surface area (Å²) in [5.41, 5.74) is 2.10. The molecule has 8 heteroatoms. The number of aliphatic imine (C=N–C) groups is 1. The Kier molecular flexibility index (Phi) is 11.4. The Balaban J connectivity index is 0.00000364. The molecule has 27 heavy (non-hydrogen) atoms. The molecular formula is C19H28FIN4OS. The van der Waals surface area contributed by atoms with Gasteiger partial charge in [0.2, 0.25) is 0 Å². The SMILES string of the molecule is CCNC(=NCCCSc1ccc(F)cc1)NCCc1c(C)noc1C.I. The number of halogens is 2. The number of nitrogens with one attached hydrogen (secondary N) is 2. The van der Waals surface area contributed by atoms with Crippen molar-refractivity contribution in [1.29, 1.82) is 0 Å². The van der Waals surface area contributed by atoms with E-state index in [4.69, 9.17) is 4.52 Å². The third kappa shape index (κ3) is 8.50. The first-order chi connectivity index (χ1) is 12.6. The largest absolute Gasteiger partial charge is 0.361 e. The Morgan fingerprint density at radius 3 is 2.59 bits per heavy atom. The molecule has 0 saturated carbocycles. The average Bonchev–Trinajstić information content (AvgIpc) is 2.95. The second kappa shape index (κ2) is 13.0. The smallest absolute Gasteiger partial charge is 0.191 e. The Morgan fingerprint density at radius 1 is 1.22 bits per heavy atom. The summed E-state index contributed by atoms with van der Waals surface area (Å²) in [6, 6.07) is 6.60. The summed E-state index contributed by atoms with van der Waals surface area (Å²) < 4.78 is 18.1. The van der Waals surface area contributed by atoms with Gasteiger partial charge in [-0.2, -0.15) is 0 Å². The first-order valence-corrected chi connectivity index (χ1v) is 9.91. The molecule has 0 aliphatic carbocycles. The van der Waals surface area contributed by atoms with Crippen molar-refractivity contribution in [1.82, 2.24) is 15.8 Å². The van der Waals surface area contributed by atoms with Crippen molar-refractivity contribution < 1.29 is 8.91 Å². The lowest BCUT2D eigenvalue weighted by Gasteiger charge is -2.11. The first-order valence-electron chi connectivity index (χ1n) is 8.92. The summed E-state index contributed by atoms with van der Waals surface area (Å²) in [4.78, 5) is 5.69. The molecule has 2 rings (SSSR count). The zero-order valence-corrected chi connectivity index (χ0v) is 19.2. The second-order valence-electron chi connectivity index (χ2n) is 5.90. The first kappa shape index (κ1) is 23.7. The Bertz CT molecular complexity index is 687. The molecule has 0 fully saturated rings. The number of hydrogen-bond donors (Lipinski definition) is 2. The van der Waals surface area contributed by atoms with Crippen LogP contribution in [-0.2, 0) is 6.42 Å². The lowest BCUT2D eigenvalue weighted by molar-refractivity contribution is 0.392. The highest BCUT2D eigenvalue weighted by Gasteiger charge is 2.08. The zero-order valence-electron chi connectivity index (χ0n) is 16.0. The van der Waals surface area contributed by atoms with Gasteiger partial charge in [0.25, 0.3) is 0 Å². The third-order valence-electron chi connectivity index (χ3n) is 3.85. The van der Waals surface area contributed by atoms with E-state index in [-0.39, 0.29) is 29.8 Å². The van der Waals surface area contributed by atoms with Gasteiger partial charge < -0.3 is 15.2 Å². The topological polar surface area (TPSA) is 62.5 Å². The Hall–Kier alpha value is -1.29. The maximum absolute atomic E-state index is 12.9. The molecule has 0 atom stereocenters. The number of nitrogens with zero attached hydrogens (tertiary/aromatic N) is 2. The van der Waals surface area contributed by atoms with Gasteiger partial charge in [-0.05, 0) is 63.6 Å². The van der Waals surface area contributed by atoms with Crippen molar-refractivity contribution in [3.63, 3.8) is 0 Å². The van der Waals surface area contributed by atoms with Crippen LogP contribution in [0.2, 0.25) is 0 Å². The molecule has 0 aliphatic rings. The number of benzene rings is 1. The van der Waals surface area contributed by atoms with E-state index in [1.807, 2.05) is 26.0 Å². The van der Waals surface area contributed by atoms with Crippen molar-refractivity contribution in [2.45, 2.75) is 38.5 Å². The minimum absolute atomic E-state index is 0. The van der Waals surface area contributed by atoms with E-state index in [0.717, 1.165) is 66.1 Å². The van der Waals surface area contributed by atoms with E-state index in [1.54, 1.807) is 11.8 Å². The Morgan fingerprint density at radius 2 is 1.96 bits per heavy atom. The van der Waals surface area contributed by atoms with Crippen LogP contribution in [0.15, 0.2) is 38.7 Å². The van der Waals surface area contributed by atoms with Crippen molar-refractivity contribution in [3.05, 3.63) is 47.1 Å². The molecular weight excluding hydrogens is 478 g/mol. The number of rotatable bonds is 9. The lowest BCUT2D eigenvalue weighted by atomic mass is 10.1. The predicted molar refractivity (Wildman–Crippen MR) is 121 cm³/mol. The second-order valence-corrected chi connectivity index (χ2v) is 7.06. The molecule has 0 spiro atoms. The molecule has 0 unspecified atom stereocenters. The minimum atomic E-state index is -0.197. The Labute approximate surface area is 182 Å². The van der Waals surface area contributed by atoms with Gasteiger partial charge in [-0.25, -0.2) is 4.39 Å². The monoisotopic (exact) mass is 506 g/mol. The standard InChI is InChI=1S/C19H27FN4OS.HI/c1-4-21-19(23-12-10-18-14(2)24-25-15(18)3)22-11-5-13-26-17-8-6-16(20)7-9-17;/h6-9H,4-5,10-13H2,1-3H3,(H2,21,22,23);1H. The molecule has 0 amide bonds. The van der Waals surface area contributed by atoms with Gasteiger partial charge in [-0.1, -0.05) is 5.16 Å². The minimum Gasteiger partial charge on any atom is -0.361 e. The molecule has 1 heterocycles. The summed E-state index contributed by atoms with van der Waals surface area (Å²) in [6.07, 6.45) is 1.81. The molecule has 150 valence electrons. The molecule has 1 aromatic carbocycles. The van der Waals surface area contributed by atoms with Crippen LogP contribution in [-0.4, -0.2) is 36.5 Å². The van der Waals surface area contributed by atoms with Gasteiger partial charge in [-0.15, -0.1) is 35.7 Å². The van der Waals surface area contributed by atoms with Crippen LogP contribution >= 0.6 is 35.7 Å². The fourth-order valence-electron chi connectivity index (χ4n) is 2.48. The molecule has 0 radical (unpaired) electrons. The van der Waals surface area contributed by atoms with E-state index in [2.05, 4.69) is 27.7 Å². The van der Waals surface area contributed by atoms with Crippen LogP contribution in [0.3, 0.4) is 0 Å². The summed E-state index contributed by atoms with van der Waals surface area (Å²) in [5.74, 6) is 2.46. The van der Waals surface area contributed by atoms with E-state index in [0.29, 0.717) is 0 Å². The molecule has 0 saturated heterocycles. The average molecular weight is 506 g/mol. The van der Waals surface area contributed by atoms with Crippen molar-refractivity contribution in [2.24, 2.45) is 4.99 Å². The normalized spacial score (nSPS) is 11.2. The van der Waals surface area contributed by atoms with Gasteiger partial charge in [0, 0.05) is 30.1 Å². The van der Waals surface area contributed by atoms with Gasteiger partial charge in [-0.3, -0.25) is 4.99 Å². The summed E-state index contributed by atoms with van der Waals surface area (Å²) in [7, 11) is 0. The number of thioether (sulfide) groups is 1. The van der Waals surface area contributed by atoms with E-state index in [1.165, 1.54) is 12.1 Å². The molecule has 2 aromatic rings. The van der Waals surface area contributed by atoms with E-state index >= 15 is 0 Å². The molecule has 5 nitrogen and oxygen atoms in total. The van der Waals surface area contributed by atoms with Crippen molar-refractivity contribution in [2.75, 3.05) is 25.4 Å². The van der Waals surface area contributed by atoms with Gasteiger partial charge in [0.15, 0.2) is 5.96 Å². The van der Waals surface area contributed by atoms with Crippen LogP contribution in [0.1, 0.15) is 30.4 Å². The maximum Gasteiger partial charge on any atom is 0.191 e. The number of aromatic nitrogens is 1. The fraction of sp³-hybridized carbons (Fsp3) is 0.474. The van der Waals surface area contributed by atoms with Crippen LogP contribution in [0, 0.1) is 19.7 Å². The van der Waals surface area contributed by atoms with Gasteiger partial charge in [0.1, 0.15) is 11.6 Å². The van der Waals surface area contributed by atoms with E-state index in [9.17, 15) is 4.39 Å². The lowest BCUT2D eigenvalue weighted by Crippen LogP contribution is -2.38. The highest BCUT2D eigenvalue weighted by Crippen LogP contribution is 2.18. The third-order valence-corrected chi connectivity index (χ3v) is 4.95. The van der Waals surface area contributed by atoms with Crippen molar-refractivity contribution in [3.8, 4) is 0 Å². The van der Waals surface area contributed by atoms with Crippen LogP contribution in [0.5, 0.6) is 0 Å². The molecule has 0 aliphatic heterocycles. The van der Waals surface area contributed by atoms with E-state index < -0.39 is 0 Å². The van der Waals surface area contributed by atoms with Crippen LogP contribution in [0.4, 0.5) is 4.39 Å². The van der Waals surface area contributed by atoms with Gasteiger partial charge >= 0.3 is 0 Å². The summed E-state index contributed by atoms with van der Waals surface area (Å²) in [5, 5.41) is 10.6. The quantitative estimate of drug-likeness (QED) is 0.174. The number of aryl methyl sites for hydroxylation is 2. The van der Waals surface area contributed by atoms with Crippen LogP contribution < -0.4 is 10.6 Å².